The number of fused-ring (bicyclic) bond motifs is 1. The van der Waals surface area contributed by atoms with Crippen molar-refractivity contribution in [1.29, 1.82) is 0 Å². The van der Waals surface area contributed by atoms with Gasteiger partial charge in [-0.25, -0.2) is 13.6 Å². The Bertz CT molecular complexity index is 1190. The first-order chi connectivity index (χ1) is 15.1. The van der Waals surface area contributed by atoms with Crippen LogP contribution in [0.3, 0.4) is 0 Å². The van der Waals surface area contributed by atoms with Gasteiger partial charge in [0.25, 0.3) is 0 Å². The Kier molecular flexibility index (Phi) is 4.55. The third kappa shape index (κ3) is 2.78. The van der Waals surface area contributed by atoms with Crippen molar-refractivity contribution in [3.05, 3.63) is 33.9 Å². The van der Waals surface area contributed by atoms with E-state index in [0.717, 1.165) is 25.3 Å². The largest absolute Gasteiger partial charge is 0.511 e. The minimum absolute atomic E-state index is 0.125. The lowest BCUT2D eigenvalue weighted by molar-refractivity contribution is 0.0445. The molecule has 2 aromatic rings. The Hall–Kier alpha value is -2.72. The first kappa shape index (κ1) is 21.1. The molecule has 3 fully saturated rings. The van der Waals surface area contributed by atoms with Crippen molar-refractivity contribution in [3.8, 4) is 11.5 Å². The topological polar surface area (TPSA) is 116 Å². The van der Waals surface area contributed by atoms with Crippen LogP contribution in [0.2, 0.25) is 0 Å². The number of ether oxygens (including phenoxy) is 2. The second-order valence-electron chi connectivity index (χ2n) is 9.36. The molecule has 32 heavy (non-hydrogen) atoms. The summed E-state index contributed by atoms with van der Waals surface area (Å²) in [4.78, 5) is 24.0. The molecule has 172 valence electrons. The third-order valence-electron chi connectivity index (χ3n) is 7.56. The maximum atomic E-state index is 15.6. The lowest BCUT2D eigenvalue weighted by atomic mass is 9.55. The number of hydrogen-bond acceptors (Lipinski definition) is 6. The van der Waals surface area contributed by atoms with Crippen molar-refractivity contribution in [2.24, 2.45) is 11.1 Å². The predicted octanol–water partition coefficient (Wildman–Crippen LogP) is 3.02. The number of carbonyl (C=O) groups is 1. The van der Waals surface area contributed by atoms with Crippen LogP contribution in [0.1, 0.15) is 50.3 Å². The summed E-state index contributed by atoms with van der Waals surface area (Å²) in [6.45, 7) is 2.44. The number of hydrogen-bond donors (Lipinski definition) is 3. The van der Waals surface area contributed by atoms with Crippen molar-refractivity contribution in [1.82, 2.24) is 9.88 Å². The van der Waals surface area contributed by atoms with E-state index in [1.54, 1.807) is 0 Å². The van der Waals surface area contributed by atoms with Gasteiger partial charge in [-0.15, -0.1) is 0 Å². The van der Waals surface area contributed by atoms with Gasteiger partial charge in [-0.05, 0) is 25.8 Å². The first-order valence-electron chi connectivity index (χ1n) is 10.6. The molecule has 10 heteroatoms. The number of nitrogens with zero attached hydrogens (tertiary/aromatic N) is 1. The summed E-state index contributed by atoms with van der Waals surface area (Å²) in [7, 11) is 1.37. The van der Waals surface area contributed by atoms with Gasteiger partial charge in [0.1, 0.15) is 12.0 Å². The van der Waals surface area contributed by atoms with Gasteiger partial charge in [-0.1, -0.05) is 6.42 Å². The Morgan fingerprint density at radius 3 is 2.62 bits per heavy atom. The number of aromatic nitrogens is 1. The Balaban J connectivity index is 1.79. The van der Waals surface area contributed by atoms with Crippen LogP contribution in [0, 0.1) is 11.2 Å². The molecule has 1 saturated heterocycles. The van der Waals surface area contributed by atoms with Crippen molar-refractivity contribution in [2.75, 3.05) is 13.7 Å². The third-order valence-corrected chi connectivity index (χ3v) is 7.56. The highest BCUT2D eigenvalue weighted by atomic mass is 19.1. The second kappa shape index (κ2) is 6.89. The number of rotatable bonds is 4. The van der Waals surface area contributed by atoms with Gasteiger partial charge in [0.05, 0.1) is 30.3 Å². The maximum absolute atomic E-state index is 15.6. The van der Waals surface area contributed by atoms with E-state index in [1.165, 1.54) is 17.9 Å². The van der Waals surface area contributed by atoms with E-state index in [1.807, 2.05) is 6.92 Å². The van der Waals surface area contributed by atoms with E-state index >= 15 is 4.39 Å². The number of halogens is 2. The van der Waals surface area contributed by atoms with Crippen LogP contribution in [0.25, 0.3) is 10.9 Å². The summed E-state index contributed by atoms with van der Waals surface area (Å²) in [5.74, 6) is -1.05. The molecule has 3 aliphatic rings. The highest BCUT2D eigenvalue weighted by Crippen LogP contribution is 2.61. The zero-order chi connectivity index (χ0) is 23.0. The number of methoxy groups -OCH3 is 1. The Morgan fingerprint density at radius 2 is 2.09 bits per heavy atom. The van der Waals surface area contributed by atoms with Gasteiger partial charge in [0.15, 0.2) is 11.5 Å². The quantitative estimate of drug-likeness (QED) is 0.615. The number of benzene rings is 1. The van der Waals surface area contributed by atoms with Crippen LogP contribution < -0.4 is 26.0 Å². The standard InChI is InChI=1S/C22H25F2N3O5/c1-21(25)9-26-19(22(21)4-3-5-22)15-12(24)6-10-16(18(15)31-2)27(13-7-11(13)23)8-14(17(10)28)32-20(29)30/h6,8,11,13,19,26H,3-5,7,9,25H2,1-2H3,(H,29,30)/t11-,13+,19?,21?/m0/s1. The fourth-order valence-corrected chi connectivity index (χ4v) is 5.60. The number of alkyl halides is 1. The molecule has 8 nitrogen and oxygen atoms in total. The molecule has 1 aromatic heterocycles. The first-order valence-corrected chi connectivity index (χ1v) is 10.6. The predicted molar refractivity (Wildman–Crippen MR) is 112 cm³/mol. The van der Waals surface area contributed by atoms with Gasteiger partial charge >= 0.3 is 6.16 Å². The minimum atomic E-state index is -1.69. The van der Waals surface area contributed by atoms with Crippen LogP contribution in [-0.2, 0) is 0 Å². The van der Waals surface area contributed by atoms with Crippen LogP contribution >= 0.6 is 0 Å². The van der Waals surface area contributed by atoms with Crippen LogP contribution in [0.4, 0.5) is 13.6 Å². The second-order valence-corrected chi connectivity index (χ2v) is 9.36. The smallest absolute Gasteiger partial charge is 0.494 e. The molecule has 2 saturated carbocycles. The molecule has 2 unspecified atom stereocenters. The Morgan fingerprint density at radius 1 is 1.41 bits per heavy atom. The molecule has 1 aromatic carbocycles. The normalized spacial score (nSPS) is 30.3. The summed E-state index contributed by atoms with van der Waals surface area (Å²) < 4.78 is 41.4. The average Bonchev–Trinajstić information content (AvgIpc) is 3.33. The fraction of sp³-hybridized carbons (Fsp3) is 0.545. The molecular weight excluding hydrogens is 424 g/mol. The van der Waals surface area contributed by atoms with Crippen LogP contribution in [0.15, 0.2) is 17.1 Å². The number of pyridine rings is 1. The van der Waals surface area contributed by atoms with Crippen molar-refractivity contribution >= 4 is 17.1 Å². The Labute approximate surface area is 182 Å². The van der Waals surface area contributed by atoms with Crippen LogP contribution in [-0.4, -0.2) is 41.2 Å². The lowest BCUT2D eigenvalue weighted by Crippen LogP contribution is -2.56. The zero-order valence-corrected chi connectivity index (χ0v) is 17.8. The summed E-state index contributed by atoms with van der Waals surface area (Å²) in [6.07, 6.45) is 1.13. The molecule has 0 radical (unpaired) electrons. The number of carboxylic acid groups (broad SMARTS) is 1. The van der Waals surface area contributed by atoms with Gasteiger partial charge in [-0.2, -0.15) is 0 Å². The molecule has 4 N–H and O–H groups in total. The van der Waals surface area contributed by atoms with Crippen molar-refractivity contribution in [3.63, 3.8) is 0 Å². The van der Waals surface area contributed by atoms with Crippen molar-refractivity contribution < 1.29 is 28.2 Å². The van der Waals surface area contributed by atoms with E-state index in [9.17, 15) is 14.0 Å². The summed E-state index contributed by atoms with van der Waals surface area (Å²) >= 11 is 0. The van der Waals surface area contributed by atoms with E-state index in [2.05, 4.69) is 10.1 Å². The summed E-state index contributed by atoms with van der Waals surface area (Å²) in [5, 5.41) is 12.2. The molecule has 2 heterocycles. The lowest BCUT2D eigenvalue weighted by Gasteiger charge is -2.51. The zero-order valence-electron chi connectivity index (χ0n) is 17.8. The number of nitrogens with two attached hydrogens (primary N) is 1. The van der Waals surface area contributed by atoms with Gasteiger partial charge in [-0.3, -0.25) is 4.79 Å². The van der Waals surface area contributed by atoms with E-state index in [4.69, 9.17) is 15.6 Å². The van der Waals surface area contributed by atoms with Gasteiger partial charge in [0, 0.05) is 35.5 Å². The SMILES string of the molecule is COc1c(C2NCC(C)(N)C23CCC3)c(F)cc2c(=O)c(OC(=O)O)cn([C@@H]3C[C@@H]3F)c12. The van der Waals surface area contributed by atoms with E-state index in [-0.39, 0.29) is 34.1 Å². The molecule has 4 atom stereocenters. The van der Waals surface area contributed by atoms with E-state index in [0.29, 0.717) is 6.54 Å². The molecule has 0 bridgehead atoms. The molecule has 5 rings (SSSR count). The highest BCUT2D eigenvalue weighted by molar-refractivity contribution is 5.88. The van der Waals surface area contributed by atoms with Gasteiger partial charge in [0.2, 0.25) is 5.43 Å². The van der Waals surface area contributed by atoms with Gasteiger partial charge < -0.3 is 30.2 Å². The molecular formula is C22H25F2N3O5. The molecule has 2 aliphatic carbocycles. The number of nitrogens with one attached hydrogen (secondary N) is 1. The van der Waals surface area contributed by atoms with Crippen LogP contribution in [0.5, 0.6) is 11.5 Å². The highest BCUT2D eigenvalue weighted by Gasteiger charge is 2.60. The average molecular weight is 449 g/mol. The molecule has 1 spiro atoms. The fourth-order valence-electron chi connectivity index (χ4n) is 5.60. The molecule has 1 aliphatic heterocycles. The maximum Gasteiger partial charge on any atom is 0.511 e. The molecule has 0 amide bonds. The minimum Gasteiger partial charge on any atom is -0.494 e. The van der Waals surface area contributed by atoms with E-state index < -0.39 is 46.9 Å². The monoisotopic (exact) mass is 449 g/mol. The van der Waals surface area contributed by atoms with Crippen molar-refractivity contribution in [2.45, 2.75) is 56.4 Å². The summed E-state index contributed by atoms with van der Waals surface area (Å²) in [5.41, 5.74) is 5.34. The summed E-state index contributed by atoms with van der Waals surface area (Å²) in [6, 6.07) is -0.00349.